The molecule has 5 nitrogen and oxygen atoms in total. The van der Waals surface area contributed by atoms with Gasteiger partial charge in [0.25, 0.3) is 0 Å². The summed E-state index contributed by atoms with van der Waals surface area (Å²) in [5.74, 6) is 0.536. The number of nitrogens with zero attached hydrogens (tertiary/aromatic N) is 2. The average molecular weight is 288 g/mol. The number of pyridine rings is 1. The Morgan fingerprint density at radius 1 is 1.44 bits per heavy atom. The van der Waals surface area contributed by atoms with E-state index in [-0.39, 0.29) is 10.9 Å². The molecule has 3 rings (SSSR count). The van der Waals surface area contributed by atoms with Crippen LogP contribution in [0.4, 0.5) is 5.82 Å². The molecule has 1 N–H and O–H groups in total. The topological polar surface area (TPSA) is 62.3 Å². The van der Waals surface area contributed by atoms with Crippen LogP contribution in [0.2, 0.25) is 5.02 Å². The third kappa shape index (κ3) is 1.98. The first-order chi connectivity index (χ1) is 8.58. The maximum atomic E-state index is 12.2. The lowest BCUT2D eigenvalue weighted by Crippen LogP contribution is -2.44. The Morgan fingerprint density at radius 3 is 3.11 bits per heavy atom. The van der Waals surface area contributed by atoms with Crippen LogP contribution in [-0.4, -0.2) is 32.5 Å². The van der Waals surface area contributed by atoms with E-state index in [0.29, 0.717) is 17.4 Å². The Labute approximate surface area is 111 Å². The van der Waals surface area contributed by atoms with Crippen LogP contribution in [0.1, 0.15) is 19.3 Å². The zero-order chi connectivity index (χ0) is 12.8. The molecule has 18 heavy (non-hydrogen) atoms. The molecule has 1 aromatic heterocycles. The number of anilines is 1. The van der Waals surface area contributed by atoms with Crippen molar-refractivity contribution >= 4 is 27.4 Å². The van der Waals surface area contributed by atoms with Gasteiger partial charge in [0, 0.05) is 25.3 Å². The van der Waals surface area contributed by atoms with Crippen LogP contribution in [0.15, 0.2) is 17.2 Å². The van der Waals surface area contributed by atoms with Crippen LogP contribution >= 0.6 is 11.6 Å². The standard InChI is InChI=1S/C11H14ClN3O2S/c12-8-5-10-11(13-6-8)15-4-2-1-3-9(15)7-14-18(10,16)17/h5-6,9,14H,1-4,7H2. The third-order valence-electron chi connectivity index (χ3n) is 3.50. The number of sulfonamides is 1. The minimum Gasteiger partial charge on any atom is -0.351 e. The molecule has 0 spiro atoms. The van der Waals surface area contributed by atoms with Gasteiger partial charge >= 0.3 is 0 Å². The fourth-order valence-corrected chi connectivity index (χ4v) is 4.08. The summed E-state index contributed by atoms with van der Waals surface area (Å²) in [5, 5.41) is 0.342. The average Bonchev–Trinajstić information content (AvgIpc) is 2.46. The van der Waals surface area contributed by atoms with E-state index in [4.69, 9.17) is 11.6 Å². The fourth-order valence-electron chi connectivity index (χ4n) is 2.60. The van der Waals surface area contributed by atoms with Gasteiger partial charge < -0.3 is 4.90 Å². The highest BCUT2D eigenvalue weighted by atomic mass is 35.5. The zero-order valence-electron chi connectivity index (χ0n) is 9.76. The van der Waals surface area contributed by atoms with Crippen molar-refractivity contribution in [3.8, 4) is 0 Å². The number of halogens is 1. The molecule has 1 fully saturated rings. The molecule has 1 saturated heterocycles. The quantitative estimate of drug-likeness (QED) is 0.783. The number of piperidine rings is 1. The molecule has 1 atom stereocenters. The Morgan fingerprint density at radius 2 is 2.28 bits per heavy atom. The highest BCUT2D eigenvalue weighted by molar-refractivity contribution is 7.89. The van der Waals surface area contributed by atoms with E-state index in [1.165, 1.54) is 12.3 Å². The van der Waals surface area contributed by atoms with E-state index in [0.717, 1.165) is 25.8 Å². The summed E-state index contributed by atoms with van der Waals surface area (Å²) in [6, 6.07) is 1.67. The van der Waals surface area contributed by atoms with Crippen LogP contribution in [0.5, 0.6) is 0 Å². The van der Waals surface area contributed by atoms with Gasteiger partial charge in [0.2, 0.25) is 10.0 Å². The lowest BCUT2D eigenvalue weighted by molar-refractivity contribution is 0.454. The maximum Gasteiger partial charge on any atom is 0.244 e. The van der Waals surface area contributed by atoms with Crippen LogP contribution in [0.25, 0.3) is 0 Å². The predicted octanol–water partition coefficient (Wildman–Crippen LogP) is 1.39. The van der Waals surface area contributed by atoms with Gasteiger partial charge in [0.05, 0.1) is 5.02 Å². The molecule has 0 bridgehead atoms. The number of nitrogens with one attached hydrogen (secondary N) is 1. The van der Waals surface area contributed by atoms with Crippen molar-refractivity contribution in [2.45, 2.75) is 30.2 Å². The van der Waals surface area contributed by atoms with Crippen molar-refractivity contribution < 1.29 is 8.42 Å². The van der Waals surface area contributed by atoms with Crippen LogP contribution in [0, 0.1) is 0 Å². The molecule has 1 aromatic rings. The summed E-state index contributed by atoms with van der Waals surface area (Å²) in [5.41, 5.74) is 0. The van der Waals surface area contributed by atoms with E-state index < -0.39 is 10.0 Å². The summed E-state index contributed by atoms with van der Waals surface area (Å²) < 4.78 is 26.9. The normalized spacial score (nSPS) is 26.1. The summed E-state index contributed by atoms with van der Waals surface area (Å²) in [7, 11) is -3.50. The van der Waals surface area contributed by atoms with E-state index in [9.17, 15) is 8.42 Å². The molecule has 0 radical (unpaired) electrons. The monoisotopic (exact) mass is 287 g/mol. The Hall–Kier alpha value is -0.850. The maximum absolute atomic E-state index is 12.2. The second-order valence-corrected chi connectivity index (χ2v) is 6.84. The molecule has 1 unspecified atom stereocenters. The predicted molar refractivity (Wildman–Crippen MR) is 69.4 cm³/mol. The Bertz CT molecular complexity index is 576. The molecule has 2 aliphatic heterocycles. The number of hydrogen-bond donors (Lipinski definition) is 1. The van der Waals surface area contributed by atoms with Gasteiger partial charge in [-0.3, -0.25) is 0 Å². The fraction of sp³-hybridized carbons (Fsp3) is 0.545. The SMILES string of the molecule is O=S1(=O)NCC2CCCCN2c2ncc(Cl)cc21. The van der Waals surface area contributed by atoms with Crippen molar-refractivity contribution in [1.82, 2.24) is 9.71 Å². The molecule has 0 saturated carbocycles. The first-order valence-electron chi connectivity index (χ1n) is 6.00. The van der Waals surface area contributed by atoms with Gasteiger partial charge in [-0.15, -0.1) is 0 Å². The lowest BCUT2D eigenvalue weighted by Gasteiger charge is -2.35. The first-order valence-corrected chi connectivity index (χ1v) is 7.86. The van der Waals surface area contributed by atoms with Gasteiger partial charge in [-0.2, -0.15) is 0 Å². The van der Waals surface area contributed by atoms with E-state index in [1.54, 1.807) is 0 Å². The number of aromatic nitrogens is 1. The van der Waals surface area contributed by atoms with Gasteiger partial charge in [0.15, 0.2) is 0 Å². The number of hydrogen-bond acceptors (Lipinski definition) is 4. The molecule has 0 aliphatic carbocycles. The van der Waals surface area contributed by atoms with Crippen molar-refractivity contribution in [3.63, 3.8) is 0 Å². The summed E-state index contributed by atoms with van der Waals surface area (Å²) in [6.07, 6.45) is 4.70. The molecule has 3 heterocycles. The molecule has 7 heteroatoms. The molecule has 2 aliphatic rings. The van der Waals surface area contributed by atoms with Crippen molar-refractivity contribution in [3.05, 3.63) is 17.3 Å². The zero-order valence-corrected chi connectivity index (χ0v) is 11.3. The summed E-state index contributed by atoms with van der Waals surface area (Å²) in [6.45, 7) is 1.29. The van der Waals surface area contributed by atoms with Gasteiger partial charge in [-0.25, -0.2) is 18.1 Å². The highest BCUT2D eigenvalue weighted by Crippen LogP contribution is 2.32. The van der Waals surface area contributed by atoms with Crippen LogP contribution < -0.4 is 9.62 Å². The summed E-state index contributed by atoms with van der Waals surface area (Å²) in [4.78, 5) is 6.52. The largest absolute Gasteiger partial charge is 0.351 e. The van der Waals surface area contributed by atoms with E-state index >= 15 is 0 Å². The summed E-state index contributed by atoms with van der Waals surface area (Å²) >= 11 is 5.86. The molecule has 0 aromatic carbocycles. The molecular weight excluding hydrogens is 274 g/mol. The lowest BCUT2D eigenvalue weighted by atomic mass is 10.0. The second kappa shape index (κ2) is 4.36. The van der Waals surface area contributed by atoms with Gasteiger partial charge in [-0.1, -0.05) is 11.6 Å². The third-order valence-corrected chi connectivity index (χ3v) is 5.13. The second-order valence-electron chi connectivity index (χ2n) is 4.67. The first kappa shape index (κ1) is 12.2. The number of rotatable bonds is 0. The molecule has 98 valence electrons. The Balaban J connectivity index is 2.17. The Kier molecular flexibility index (Phi) is 2.96. The smallest absolute Gasteiger partial charge is 0.244 e. The van der Waals surface area contributed by atoms with Crippen molar-refractivity contribution in [2.75, 3.05) is 18.0 Å². The van der Waals surface area contributed by atoms with Crippen molar-refractivity contribution in [2.24, 2.45) is 0 Å². The number of fused-ring (bicyclic) bond motifs is 3. The molecule has 0 amide bonds. The van der Waals surface area contributed by atoms with Gasteiger partial charge in [-0.05, 0) is 25.3 Å². The highest BCUT2D eigenvalue weighted by Gasteiger charge is 2.33. The molecular formula is C11H14ClN3O2S. The van der Waals surface area contributed by atoms with Crippen LogP contribution in [0.3, 0.4) is 0 Å². The minimum absolute atomic E-state index is 0.194. The minimum atomic E-state index is -3.50. The van der Waals surface area contributed by atoms with E-state index in [2.05, 4.69) is 14.6 Å². The van der Waals surface area contributed by atoms with Gasteiger partial charge in [0.1, 0.15) is 10.7 Å². The van der Waals surface area contributed by atoms with Crippen molar-refractivity contribution in [1.29, 1.82) is 0 Å². The van der Waals surface area contributed by atoms with Crippen LogP contribution in [-0.2, 0) is 10.0 Å². The van der Waals surface area contributed by atoms with E-state index in [1.807, 2.05) is 0 Å².